The summed E-state index contributed by atoms with van der Waals surface area (Å²) in [5.41, 5.74) is 0. The van der Waals surface area contributed by atoms with Crippen LogP contribution in [0.15, 0.2) is 0 Å². The highest BCUT2D eigenvalue weighted by atomic mass is 16.7. The summed E-state index contributed by atoms with van der Waals surface area (Å²) in [6.45, 7) is 5.13. The number of rotatable bonds is 8. The van der Waals surface area contributed by atoms with Crippen LogP contribution in [0.25, 0.3) is 0 Å². The van der Waals surface area contributed by atoms with Crippen molar-refractivity contribution in [2.75, 3.05) is 26.6 Å². The van der Waals surface area contributed by atoms with Crippen molar-refractivity contribution in [1.29, 1.82) is 0 Å². The SMILES string of the molecule is CCOCCCOCO[C]=O. The summed E-state index contributed by atoms with van der Waals surface area (Å²) < 4.78 is 14.1. The van der Waals surface area contributed by atoms with E-state index in [2.05, 4.69) is 4.74 Å². The molecule has 11 heavy (non-hydrogen) atoms. The molecule has 4 nitrogen and oxygen atoms in total. The lowest BCUT2D eigenvalue weighted by molar-refractivity contribution is -0.00340. The van der Waals surface area contributed by atoms with Gasteiger partial charge in [-0.2, -0.15) is 0 Å². The van der Waals surface area contributed by atoms with E-state index >= 15 is 0 Å². The Hall–Kier alpha value is -0.610. The molecule has 0 aliphatic heterocycles. The molecule has 0 rings (SSSR count). The maximum atomic E-state index is 9.49. The zero-order valence-electron chi connectivity index (χ0n) is 6.67. The lowest BCUT2D eigenvalue weighted by atomic mass is 10.5. The smallest absolute Gasteiger partial charge is 0.419 e. The largest absolute Gasteiger partial charge is 0.430 e. The maximum absolute atomic E-state index is 9.49. The highest BCUT2D eigenvalue weighted by Gasteiger charge is 1.88. The molecule has 0 heterocycles. The average molecular weight is 161 g/mol. The van der Waals surface area contributed by atoms with Crippen LogP contribution in [0.4, 0.5) is 0 Å². The Bertz CT molecular complexity index is 84.5. The van der Waals surface area contributed by atoms with Gasteiger partial charge in [0.2, 0.25) is 0 Å². The van der Waals surface area contributed by atoms with Crippen LogP contribution in [0.3, 0.4) is 0 Å². The van der Waals surface area contributed by atoms with E-state index in [1.165, 1.54) is 6.47 Å². The molecule has 0 fully saturated rings. The van der Waals surface area contributed by atoms with E-state index in [9.17, 15) is 4.79 Å². The Kier molecular flexibility index (Phi) is 8.87. The van der Waals surface area contributed by atoms with E-state index in [-0.39, 0.29) is 6.79 Å². The molecule has 0 atom stereocenters. The predicted octanol–water partition coefficient (Wildman–Crippen LogP) is 0.471. The van der Waals surface area contributed by atoms with Crippen LogP contribution in [0.1, 0.15) is 13.3 Å². The summed E-state index contributed by atoms with van der Waals surface area (Å²) in [4.78, 5) is 9.49. The van der Waals surface area contributed by atoms with Gasteiger partial charge >= 0.3 is 6.47 Å². The first-order valence-electron chi connectivity index (χ1n) is 3.56. The van der Waals surface area contributed by atoms with Gasteiger partial charge in [0.15, 0.2) is 6.79 Å². The van der Waals surface area contributed by atoms with E-state index in [0.29, 0.717) is 13.2 Å². The number of hydrogen-bond acceptors (Lipinski definition) is 4. The highest BCUT2D eigenvalue weighted by molar-refractivity contribution is 5.37. The van der Waals surface area contributed by atoms with E-state index < -0.39 is 0 Å². The summed E-state index contributed by atoms with van der Waals surface area (Å²) in [5.74, 6) is 0. The predicted molar refractivity (Wildman–Crippen MR) is 38.7 cm³/mol. The fourth-order valence-electron chi connectivity index (χ4n) is 0.532. The Balaban J connectivity index is 2.74. The summed E-state index contributed by atoms with van der Waals surface area (Å²) in [6, 6.07) is 0. The van der Waals surface area contributed by atoms with E-state index in [0.717, 1.165) is 13.0 Å². The molecule has 0 aromatic rings. The van der Waals surface area contributed by atoms with Gasteiger partial charge in [-0.15, -0.1) is 0 Å². The summed E-state index contributed by atoms with van der Waals surface area (Å²) in [5, 5.41) is 0. The lowest BCUT2D eigenvalue weighted by Crippen LogP contribution is -2.03. The third-order valence-corrected chi connectivity index (χ3v) is 0.983. The van der Waals surface area contributed by atoms with Crippen LogP contribution in [-0.4, -0.2) is 33.1 Å². The molecular weight excluding hydrogens is 148 g/mol. The Morgan fingerprint density at radius 1 is 1.27 bits per heavy atom. The van der Waals surface area contributed by atoms with Gasteiger partial charge in [-0.3, -0.25) is 0 Å². The number of carbonyl (C=O) groups excluding carboxylic acids is 1. The van der Waals surface area contributed by atoms with Crippen molar-refractivity contribution in [2.24, 2.45) is 0 Å². The third kappa shape index (κ3) is 9.39. The van der Waals surface area contributed by atoms with Gasteiger partial charge in [0, 0.05) is 13.2 Å². The zero-order valence-corrected chi connectivity index (χ0v) is 6.67. The third-order valence-electron chi connectivity index (χ3n) is 0.983. The van der Waals surface area contributed by atoms with Gasteiger partial charge in [0.1, 0.15) is 0 Å². The second-order valence-corrected chi connectivity index (χ2v) is 1.80. The summed E-state index contributed by atoms with van der Waals surface area (Å²) in [6.07, 6.45) is 0.816. The second kappa shape index (κ2) is 9.39. The van der Waals surface area contributed by atoms with Gasteiger partial charge in [-0.1, -0.05) is 0 Å². The summed E-state index contributed by atoms with van der Waals surface area (Å²) in [7, 11) is 0. The first-order chi connectivity index (χ1) is 5.41. The molecule has 0 spiro atoms. The minimum absolute atomic E-state index is 0.0182. The Labute approximate surface area is 66.4 Å². The van der Waals surface area contributed by atoms with Crippen molar-refractivity contribution in [1.82, 2.24) is 0 Å². The lowest BCUT2D eigenvalue weighted by Gasteiger charge is -2.01. The highest BCUT2D eigenvalue weighted by Crippen LogP contribution is 1.84. The van der Waals surface area contributed by atoms with Crippen molar-refractivity contribution in [3.63, 3.8) is 0 Å². The molecule has 0 aliphatic carbocycles. The molecule has 0 aromatic carbocycles. The topological polar surface area (TPSA) is 44.8 Å². The molecule has 0 saturated heterocycles. The van der Waals surface area contributed by atoms with Gasteiger partial charge in [0.25, 0.3) is 0 Å². The van der Waals surface area contributed by atoms with Crippen molar-refractivity contribution < 1.29 is 19.0 Å². The van der Waals surface area contributed by atoms with Crippen molar-refractivity contribution in [3.05, 3.63) is 0 Å². The van der Waals surface area contributed by atoms with E-state index in [1.54, 1.807) is 0 Å². The van der Waals surface area contributed by atoms with Gasteiger partial charge < -0.3 is 14.2 Å². The van der Waals surface area contributed by atoms with Crippen LogP contribution in [0, 0.1) is 0 Å². The molecular formula is C7H13O4. The molecule has 0 unspecified atom stereocenters. The Morgan fingerprint density at radius 3 is 2.64 bits per heavy atom. The number of hydrogen-bond donors (Lipinski definition) is 0. The molecule has 0 saturated carbocycles. The van der Waals surface area contributed by atoms with Gasteiger partial charge in [-0.05, 0) is 13.3 Å². The second-order valence-electron chi connectivity index (χ2n) is 1.80. The van der Waals surface area contributed by atoms with E-state index in [1.807, 2.05) is 6.92 Å². The molecule has 4 heteroatoms. The molecule has 0 aromatic heterocycles. The van der Waals surface area contributed by atoms with Gasteiger partial charge in [0.05, 0.1) is 6.61 Å². The number of ether oxygens (including phenoxy) is 3. The monoisotopic (exact) mass is 161 g/mol. The Morgan fingerprint density at radius 2 is 2.00 bits per heavy atom. The van der Waals surface area contributed by atoms with Crippen LogP contribution in [-0.2, 0) is 19.0 Å². The fraction of sp³-hybridized carbons (Fsp3) is 0.857. The van der Waals surface area contributed by atoms with Crippen molar-refractivity contribution in [3.8, 4) is 0 Å². The fourth-order valence-corrected chi connectivity index (χ4v) is 0.532. The molecule has 0 bridgehead atoms. The van der Waals surface area contributed by atoms with E-state index in [4.69, 9.17) is 9.47 Å². The standard InChI is InChI=1S/C7H13O4/c1-2-9-4-3-5-10-7-11-6-8/h2-5,7H2,1H3. The molecule has 1 radical (unpaired) electrons. The first kappa shape index (κ1) is 10.4. The molecule has 0 aliphatic rings. The molecule has 65 valence electrons. The zero-order chi connectivity index (χ0) is 8.36. The normalized spacial score (nSPS) is 9.55. The van der Waals surface area contributed by atoms with Crippen LogP contribution in [0.2, 0.25) is 0 Å². The molecule has 0 amide bonds. The molecule has 0 N–H and O–H groups in total. The van der Waals surface area contributed by atoms with Crippen LogP contribution >= 0.6 is 0 Å². The minimum Gasteiger partial charge on any atom is -0.430 e. The minimum atomic E-state index is -0.0182. The van der Waals surface area contributed by atoms with Crippen molar-refractivity contribution in [2.45, 2.75) is 13.3 Å². The van der Waals surface area contributed by atoms with Gasteiger partial charge in [-0.25, -0.2) is 4.79 Å². The van der Waals surface area contributed by atoms with Crippen LogP contribution < -0.4 is 0 Å². The maximum Gasteiger partial charge on any atom is 0.419 e. The quantitative estimate of drug-likeness (QED) is 0.383. The van der Waals surface area contributed by atoms with Crippen molar-refractivity contribution >= 4 is 6.47 Å². The summed E-state index contributed by atoms with van der Waals surface area (Å²) >= 11 is 0. The van der Waals surface area contributed by atoms with Crippen LogP contribution in [0.5, 0.6) is 0 Å². The first-order valence-corrected chi connectivity index (χ1v) is 3.56. The average Bonchev–Trinajstić information content (AvgIpc) is 2.03.